The summed E-state index contributed by atoms with van der Waals surface area (Å²) in [5.41, 5.74) is 1.37. The monoisotopic (exact) mass is 208 g/mol. The van der Waals surface area contributed by atoms with Crippen molar-refractivity contribution in [2.24, 2.45) is 5.92 Å². The molecule has 0 amide bonds. The van der Waals surface area contributed by atoms with Crippen LogP contribution in [0.2, 0.25) is 0 Å². The van der Waals surface area contributed by atoms with Crippen LogP contribution in [0.4, 0.5) is 0 Å². The van der Waals surface area contributed by atoms with Crippen LogP contribution in [0.25, 0.3) is 0 Å². The highest BCUT2D eigenvalue weighted by Crippen LogP contribution is 2.18. The second-order valence-corrected chi connectivity index (χ2v) is 4.38. The van der Waals surface area contributed by atoms with E-state index in [4.69, 9.17) is 23.2 Å². The molecule has 0 aromatic heterocycles. The Labute approximate surface area is 85.9 Å². The van der Waals surface area contributed by atoms with Crippen molar-refractivity contribution < 1.29 is 0 Å². The van der Waals surface area contributed by atoms with Crippen molar-refractivity contribution in [3.8, 4) is 0 Å². The van der Waals surface area contributed by atoms with E-state index < -0.39 is 0 Å². The van der Waals surface area contributed by atoms with Crippen LogP contribution in [0.1, 0.15) is 33.6 Å². The Kier molecular flexibility index (Phi) is 6.98. The van der Waals surface area contributed by atoms with E-state index in [0.717, 1.165) is 12.8 Å². The zero-order valence-electron chi connectivity index (χ0n) is 8.11. The summed E-state index contributed by atoms with van der Waals surface area (Å²) >= 11 is 11.6. The molecule has 72 valence electrons. The van der Waals surface area contributed by atoms with Gasteiger partial charge in [0.1, 0.15) is 0 Å². The average Bonchev–Trinajstić information content (AvgIpc) is 2.02. The molecule has 0 aliphatic carbocycles. The maximum atomic E-state index is 5.98. The summed E-state index contributed by atoms with van der Waals surface area (Å²) < 4.78 is 0. The zero-order chi connectivity index (χ0) is 9.56. The van der Waals surface area contributed by atoms with Crippen molar-refractivity contribution >= 4 is 23.2 Å². The van der Waals surface area contributed by atoms with Crippen molar-refractivity contribution in [3.63, 3.8) is 0 Å². The summed E-state index contributed by atoms with van der Waals surface area (Å²) in [6, 6.07) is 0. The van der Waals surface area contributed by atoms with Gasteiger partial charge < -0.3 is 0 Å². The van der Waals surface area contributed by atoms with Crippen LogP contribution in [0.3, 0.4) is 0 Å². The standard InChI is InChI=1S/C10H18Cl2/c1-8(2)5-4-6-9(3)10(12)7-11/h5,9-10H,4,6-7H2,1-3H3. The fourth-order valence-corrected chi connectivity index (χ4v) is 1.40. The Morgan fingerprint density at radius 2 is 2.00 bits per heavy atom. The largest absolute Gasteiger partial charge is 0.125 e. The lowest BCUT2D eigenvalue weighted by Crippen LogP contribution is -2.12. The van der Waals surface area contributed by atoms with Crippen molar-refractivity contribution in [2.45, 2.75) is 39.0 Å². The predicted octanol–water partition coefficient (Wildman–Crippen LogP) is 4.22. The summed E-state index contributed by atoms with van der Waals surface area (Å²) in [5, 5.41) is 0.122. The van der Waals surface area contributed by atoms with Gasteiger partial charge in [-0.05, 0) is 32.6 Å². The van der Waals surface area contributed by atoms with Crippen LogP contribution in [-0.2, 0) is 0 Å². The van der Waals surface area contributed by atoms with Crippen molar-refractivity contribution in [1.29, 1.82) is 0 Å². The molecule has 0 saturated heterocycles. The molecular weight excluding hydrogens is 191 g/mol. The van der Waals surface area contributed by atoms with E-state index in [1.165, 1.54) is 5.57 Å². The van der Waals surface area contributed by atoms with Gasteiger partial charge in [-0.3, -0.25) is 0 Å². The third-order valence-corrected chi connectivity index (χ3v) is 3.01. The smallest absolute Gasteiger partial charge is 0.0497 e. The Balaban J connectivity index is 3.57. The highest BCUT2D eigenvalue weighted by Gasteiger charge is 2.11. The van der Waals surface area contributed by atoms with Crippen LogP contribution >= 0.6 is 23.2 Å². The second kappa shape index (κ2) is 6.80. The van der Waals surface area contributed by atoms with Gasteiger partial charge in [-0.1, -0.05) is 18.6 Å². The van der Waals surface area contributed by atoms with Crippen LogP contribution in [-0.4, -0.2) is 11.3 Å². The fraction of sp³-hybridized carbons (Fsp3) is 0.800. The lowest BCUT2D eigenvalue weighted by atomic mass is 10.0. The molecule has 0 nitrogen and oxygen atoms in total. The molecule has 2 atom stereocenters. The molecule has 0 aliphatic rings. The summed E-state index contributed by atoms with van der Waals surface area (Å²) in [6.45, 7) is 6.38. The van der Waals surface area contributed by atoms with E-state index in [9.17, 15) is 0 Å². The molecule has 0 heterocycles. The highest BCUT2D eigenvalue weighted by molar-refractivity contribution is 6.28. The maximum Gasteiger partial charge on any atom is 0.0497 e. The van der Waals surface area contributed by atoms with E-state index in [-0.39, 0.29) is 5.38 Å². The third kappa shape index (κ3) is 5.91. The van der Waals surface area contributed by atoms with Crippen LogP contribution in [0.5, 0.6) is 0 Å². The maximum absolute atomic E-state index is 5.98. The van der Waals surface area contributed by atoms with E-state index in [0.29, 0.717) is 11.8 Å². The normalized spacial score (nSPS) is 15.4. The van der Waals surface area contributed by atoms with E-state index in [2.05, 4.69) is 26.8 Å². The molecule has 0 aromatic carbocycles. The molecule has 0 N–H and O–H groups in total. The average molecular weight is 209 g/mol. The van der Waals surface area contributed by atoms with Gasteiger partial charge in [0, 0.05) is 11.3 Å². The van der Waals surface area contributed by atoms with Gasteiger partial charge in [0.25, 0.3) is 0 Å². The van der Waals surface area contributed by atoms with Gasteiger partial charge in [0.15, 0.2) is 0 Å². The number of halogens is 2. The number of allylic oxidation sites excluding steroid dienone is 2. The molecule has 2 heteroatoms. The summed E-state index contributed by atoms with van der Waals surface area (Å²) in [4.78, 5) is 0. The highest BCUT2D eigenvalue weighted by atomic mass is 35.5. The van der Waals surface area contributed by atoms with Crippen molar-refractivity contribution in [1.82, 2.24) is 0 Å². The molecule has 0 aromatic rings. The van der Waals surface area contributed by atoms with Crippen LogP contribution in [0, 0.1) is 5.92 Å². The molecule has 0 fully saturated rings. The molecule has 0 rings (SSSR count). The topological polar surface area (TPSA) is 0 Å². The molecule has 0 radical (unpaired) electrons. The first-order chi connectivity index (χ1) is 5.57. The minimum absolute atomic E-state index is 0.122. The van der Waals surface area contributed by atoms with E-state index >= 15 is 0 Å². The molecule has 0 saturated carbocycles. The SMILES string of the molecule is CC(C)=CCCC(C)C(Cl)CCl. The van der Waals surface area contributed by atoms with E-state index in [1.807, 2.05) is 0 Å². The third-order valence-electron chi connectivity index (χ3n) is 1.94. The molecular formula is C10H18Cl2. The Bertz CT molecular complexity index is 137. The minimum atomic E-state index is 0.122. The van der Waals surface area contributed by atoms with Crippen LogP contribution < -0.4 is 0 Å². The molecule has 2 unspecified atom stereocenters. The Morgan fingerprint density at radius 1 is 1.42 bits per heavy atom. The number of rotatable bonds is 5. The minimum Gasteiger partial charge on any atom is -0.125 e. The second-order valence-electron chi connectivity index (χ2n) is 3.51. The first-order valence-corrected chi connectivity index (χ1v) is 5.38. The number of hydrogen-bond acceptors (Lipinski definition) is 0. The van der Waals surface area contributed by atoms with Gasteiger partial charge in [0.2, 0.25) is 0 Å². The summed E-state index contributed by atoms with van der Waals surface area (Å²) in [7, 11) is 0. The van der Waals surface area contributed by atoms with Gasteiger partial charge in [-0.15, -0.1) is 23.2 Å². The lowest BCUT2D eigenvalue weighted by Gasteiger charge is -2.13. The van der Waals surface area contributed by atoms with Gasteiger partial charge in [-0.2, -0.15) is 0 Å². The fourth-order valence-electron chi connectivity index (χ4n) is 0.968. The van der Waals surface area contributed by atoms with Gasteiger partial charge in [-0.25, -0.2) is 0 Å². The summed E-state index contributed by atoms with van der Waals surface area (Å²) in [6.07, 6.45) is 4.49. The first-order valence-electron chi connectivity index (χ1n) is 4.41. The molecule has 0 spiro atoms. The van der Waals surface area contributed by atoms with Gasteiger partial charge >= 0.3 is 0 Å². The molecule has 0 bridgehead atoms. The summed E-state index contributed by atoms with van der Waals surface area (Å²) in [5.74, 6) is 1.07. The molecule has 0 aliphatic heterocycles. The zero-order valence-corrected chi connectivity index (χ0v) is 9.62. The Hall–Kier alpha value is 0.320. The number of alkyl halides is 2. The quantitative estimate of drug-likeness (QED) is 0.469. The Morgan fingerprint density at radius 3 is 2.42 bits per heavy atom. The lowest BCUT2D eigenvalue weighted by molar-refractivity contribution is 0.531. The van der Waals surface area contributed by atoms with Crippen molar-refractivity contribution in [3.05, 3.63) is 11.6 Å². The van der Waals surface area contributed by atoms with E-state index in [1.54, 1.807) is 0 Å². The first kappa shape index (κ1) is 12.3. The van der Waals surface area contributed by atoms with Gasteiger partial charge in [0.05, 0.1) is 0 Å². The number of hydrogen-bond donors (Lipinski definition) is 0. The van der Waals surface area contributed by atoms with Crippen molar-refractivity contribution in [2.75, 3.05) is 5.88 Å². The van der Waals surface area contributed by atoms with Crippen LogP contribution in [0.15, 0.2) is 11.6 Å². The predicted molar refractivity (Wildman–Crippen MR) is 58.2 cm³/mol. The molecule has 12 heavy (non-hydrogen) atoms.